The van der Waals surface area contributed by atoms with Crippen molar-refractivity contribution >= 4 is 46.0 Å². The van der Waals surface area contributed by atoms with Gasteiger partial charge in [0.1, 0.15) is 5.69 Å². The van der Waals surface area contributed by atoms with Crippen LogP contribution in [-0.4, -0.2) is 49.5 Å². The van der Waals surface area contributed by atoms with Crippen molar-refractivity contribution in [1.29, 1.82) is 0 Å². The molecule has 8 nitrogen and oxygen atoms in total. The van der Waals surface area contributed by atoms with E-state index in [1.807, 2.05) is 0 Å². The van der Waals surface area contributed by atoms with Crippen molar-refractivity contribution in [3.05, 3.63) is 28.9 Å². The number of quaternary nitrogens is 1. The van der Waals surface area contributed by atoms with Crippen LogP contribution in [-0.2, 0) is 14.3 Å². The number of benzene rings is 1. The van der Waals surface area contributed by atoms with Gasteiger partial charge in [-0.15, -0.1) is 0 Å². The fraction of sp³-hybridized carbons (Fsp3) is 0.389. The van der Waals surface area contributed by atoms with Crippen LogP contribution >= 0.6 is 11.6 Å². The number of fused-ring (bicyclic) bond motifs is 1. The molecular weight excluding hydrogens is 372 g/mol. The maximum absolute atomic E-state index is 12.6. The average Bonchev–Trinajstić information content (AvgIpc) is 3.01. The van der Waals surface area contributed by atoms with Gasteiger partial charge in [0.25, 0.3) is 5.91 Å². The van der Waals surface area contributed by atoms with Gasteiger partial charge in [0.2, 0.25) is 5.91 Å². The summed E-state index contributed by atoms with van der Waals surface area (Å²) in [6.07, 6.45) is 1.34. The number of likely N-dealkylation sites (tertiary alicyclic amines) is 1. The number of amides is 2. The zero-order valence-corrected chi connectivity index (χ0v) is 15.7. The first-order valence-electron chi connectivity index (χ1n) is 8.72. The standard InChI is InChI=1S/C18H21ClN4O4/c1-27-18(26)16-15(14-11(19)3-2-4-12(14)21-16)22-13(24)9-23-7-5-10(6-8-23)17(20)25/h2-4,10,21H,5-9H2,1H3,(H2,20,25)(H,22,24)/p+1. The van der Waals surface area contributed by atoms with E-state index in [0.29, 0.717) is 47.5 Å². The molecule has 5 N–H and O–H groups in total. The number of methoxy groups -OCH3 is 1. The van der Waals surface area contributed by atoms with Crippen molar-refractivity contribution in [2.24, 2.45) is 11.7 Å². The highest BCUT2D eigenvalue weighted by molar-refractivity contribution is 6.37. The first-order valence-corrected chi connectivity index (χ1v) is 9.09. The first-order chi connectivity index (χ1) is 12.9. The number of anilines is 1. The first kappa shape index (κ1) is 19.2. The molecule has 0 spiro atoms. The molecule has 2 amide bonds. The zero-order chi connectivity index (χ0) is 19.6. The lowest BCUT2D eigenvalue weighted by Gasteiger charge is -2.27. The molecule has 9 heteroatoms. The number of hydrogen-bond acceptors (Lipinski definition) is 4. The van der Waals surface area contributed by atoms with Crippen molar-refractivity contribution in [3.63, 3.8) is 0 Å². The maximum atomic E-state index is 12.6. The Morgan fingerprint density at radius 3 is 2.67 bits per heavy atom. The molecule has 1 aromatic heterocycles. The van der Waals surface area contributed by atoms with E-state index in [-0.39, 0.29) is 30.0 Å². The lowest BCUT2D eigenvalue weighted by molar-refractivity contribution is -0.897. The van der Waals surface area contributed by atoms with Crippen molar-refractivity contribution in [2.75, 3.05) is 32.1 Å². The number of aromatic nitrogens is 1. The smallest absolute Gasteiger partial charge is 0.356 e. The van der Waals surface area contributed by atoms with Crippen molar-refractivity contribution < 1.29 is 24.0 Å². The topological polar surface area (TPSA) is 119 Å². The fourth-order valence-electron chi connectivity index (χ4n) is 3.48. The molecule has 27 heavy (non-hydrogen) atoms. The molecule has 2 aromatic rings. The van der Waals surface area contributed by atoms with E-state index in [9.17, 15) is 14.4 Å². The van der Waals surface area contributed by atoms with E-state index in [1.54, 1.807) is 18.2 Å². The number of carbonyl (C=O) groups excluding carboxylic acids is 3. The number of primary amides is 1. The van der Waals surface area contributed by atoms with Crippen LogP contribution in [0.5, 0.6) is 0 Å². The number of hydrogen-bond donors (Lipinski definition) is 4. The third-order valence-electron chi connectivity index (χ3n) is 4.93. The van der Waals surface area contributed by atoms with Crippen molar-refractivity contribution in [3.8, 4) is 0 Å². The number of nitrogens with two attached hydrogens (primary N) is 1. The Hall–Kier alpha value is -2.58. The molecule has 0 radical (unpaired) electrons. The minimum atomic E-state index is -0.591. The van der Waals surface area contributed by atoms with Gasteiger partial charge in [0.15, 0.2) is 6.54 Å². The van der Waals surface area contributed by atoms with Crippen LogP contribution in [0.2, 0.25) is 5.02 Å². The van der Waals surface area contributed by atoms with Crippen molar-refractivity contribution in [1.82, 2.24) is 4.98 Å². The van der Waals surface area contributed by atoms with Gasteiger partial charge in [-0.3, -0.25) is 9.59 Å². The van der Waals surface area contributed by atoms with Crippen molar-refractivity contribution in [2.45, 2.75) is 12.8 Å². The van der Waals surface area contributed by atoms with E-state index >= 15 is 0 Å². The summed E-state index contributed by atoms with van der Waals surface area (Å²) in [5, 5.41) is 3.79. The fourth-order valence-corrected chi connectivity index (χ4v) is 3.75. The van der Waals surface area contributed by atoms with E-state index in [0.717, 1.165) is 4.90 Å². The highest BCUT2D eigenvalue weighted by Gasteiger charge is 2.28. The second-order valence-corrected chi connectivity index (χ2v) is 7.09. The van der Waals surface area contributed by atoms with Crippen LogP contribution in [0.25, 0.3) is 10.9 Å². The summed E-state index contributed by atoms with van der Waals surface area (Å²) in [5.41, 5.74) is 6.44. The number of rotatable bonds is 5. The normalized spacial score (nSPS) is 19.6. The SMILES string of the molecule is COC(=O)c1[nH]c2cccc(Cl)c2c1NC(=O)C[NH+]1CCC(C(N)=O)CC1. The Morgan fingerprint density at radius 1 is 1.33 bits per heavy atom. The molecule has 0 unspecified atom stereocenters. The molecule has 0 saturated carbocycles. The Bertz CT molecular complexity index is 887. The van der Waals surface area contributed by atoms with Gasteiger partial charge < -0.3 is 25.7 Å². The number of piperidine rings is 1. The summed E-state index contributed by atoms with van der Waals surface area (Å²) < 4.78 is 4.80. The number of halogens is 1. The van der Waals surface area contributed by atoms with Gasteiger partial charge in [0, 0.05) is 29.7 Å². The van der Waals surface area contributed by atoms with Gasteiger partial charge in [-0.2, -0.15) is 0 Å². The third-order valence-corrected chi connectivity index (χ3v) is 5.25. The number of nitrogens with one attached hydrogen (secondary N) is 3. The highest BCUT2D eigenvalue weighted by Crippen LogP contribution is 2.33. The molecule has 2 heterocycles. The number of ether oxygens (including phenoxy) is 1. The highest BCUT2D eigenvalue weighted by atomic mass is 35.5. The van der Waals surface area contributed by atoms with Crippen LogP contribution in [0.1, 0.15) is 23.3 Å². The predicted octanol–water partition coefficient (Wildman–Crippen LogP) is 0.327. The second kappa shape index (κ2) is 7.98. The van der Waals surface area contributed by atoms with Gasteiger partial charge in [-0.25, -0.2) is 4.79 Å². The van der Waals surface area contributed by atoms with E-state index in [2.05, 4.69) is 10.3 Å². The number of aromatic amines is 1. The van der Waals surface area contributed by atoms with Gasteiger partial charge in [0.05, 0.1) is 30.9 Å². The molecule has 1 saturated heterocycles. The van der Waals surface area contributed by atoms with Gasteiger partial charge in [-0.1, -0.05) is 17.7 Å². The summed E-state index contributed by atoms with van der Waals surface area (Å²) in [4.78, 5) is 39.9. The predicted molar refractivity (Wildman–Crippen MR) is 101 cm³/mol. The van der Waals surface area contributed by atoms with Crippen LogP contribution in [0.4, 0.5) is 5.69 Å². The van der Waals surface area contributed by atoms with Crippen LogP contribution in [0.15, 0.2) is 18.2 Å². The minimum absolute atomic E-state index is 0.116. The monoisotopic (exact) mass is 393 g/mol. The summed E-state index contributed by atoms with van der Waals surface area (Å²) in [7, 11) is 1.27. The second-order valence-electron chi connectivity index (χ2n) is 6.68. The molecule has 1 aliphatic heterocycles. The summed E-state index contributed by atoms with van der Waals surface area (Å²) in [5.74, 6) is -1.23. The minimum Gasteiger partial charge on any atom is -0.464 e. The number of esters is 1. The quantitative estimate of drug-likeness (QED) is 0.547. The zero-order valence-electron chi connectivity index (χ0n) is 14.9. The molecule has 0 bridgehead atoms. The molecule has 0 atom stereocenters. The molecule has 3 rings (SSSR count). The lowest BCUT2D eigenvalue weighted by Crippen LogP contribution is -3.14. The van der Waals surface area contributed by atoms with Crippen LogP contribution < -0.4 is 16.0 Å². The van der Waals surface area contributed by atoms with E-state index in [1.165, 1.54) is 7.11 Å². The number of carbonyl (C=O) groups is 3. The molecular formula is C18H22ClN4O4+. The summed E-state index contributed by atoms with van der Waals surface area (Å²) >= 11 is 6.27. The molecule has 144 valence electrons. The molecule has 0 aliphatic carbocycles. The Kier molecular flexibility index (Phi) is 5.67. The van der Waals surface area contributed by atoms with Crippen LogP contribution in [0.3, 0.4) is 0 Å². The Morgan fingerprint density at radius 2 is 2.04 bits per heavy atom. The lowest BCUT2D eigenvalue weighted by atomic mass is 9.96. The number of H-pyrrole nitrogens is 1. The van der Waals surface area contributed by atoms with Gasteiger partial charge >= 0.3 is 5.97 Å². The molecule has 1 aliphatic rings. The Balaban J connectivity index is 1.77. The largest absolute Gasteiger partial charge is 0.464 e. The molecule has 1 fully saturated rings. The van der Waals surface area contributed by atoms with Gasteiger partial charge in [-0.05, 0) is 12.1 Å². The third kappa shape index (κ3) is 4.06. The van der Waals surface area contributed by atoms with E-state index in [4.69, 9.17) is 22.1 Å². The van der Waals surface area contributed by atoms with Crippen LogP contribution in [0, 0.1) is 5.92 Å². The average molecular weight is 394 g/mol. The van der Waals surface area contributed by atoms with E-state index < -0.39 is 5.97 Å². The summed E-state index contributed by atoms with van der Waals surface area (Å²) in [6, 6.07) is 5.21. The Labute approximate surface area is 161 Å². The molecule has 1 aromatic carbocycles. The maximum Gasteiger partial charge on any atom is 0.356 e. The summed E-state index contributed by atoms with van der Waals surface area (Å²) in [6.45, 7) is 1.61.